The third-order valence-electron chi connectivity index (χ3n) is 7.37. The number of benzene rings is 1. The number of carbonyl (C=O) groups excluding carboxylic acids is 1. The van der Waals surface area contributed by atoms with Gasteiger partial charge in [-0.05, 0) is 61.3 Å². The van der Waals surface area contributed by atoms with Crippen LogP contribution in [0, 0.1) is 22.7 Å². The van der Waals surface area contributed by atoms with E-state index in [9.17, 15) is 28.0 Å². The molecule has 0 heterocycles. The standard InChI is InChI=1S/C22H30O7S/c1-13-6-7-18-21(2,3)8-5-9-22(18,4)16(13)10-14-11-17(24)19(25)15(12-23)20(14)29-30(26,27)28/h6,11-12,16,18,24-25H,5,7-10H2,1-4H3,(H,26,27,28)/t16-,18-,22+/m0/s1. The fraction of sp³-hybridized carbons (Fsp3) is 0.591. The normalized spacial score (nSPS) is 28.4. The summed E-state index contributed by atoms with van der Waals surface area (Å²) in [6, 6.07) is 1.21. The summed E-state index contributed by atoms with van der Waals surface area (Å²) in [5.41, 5.74) is 0.981. The lowest BCUT2D eigenvalue weighted by atomic mass is 9.48. The molecular weight excluding hydrogens is 408 g/mol. The monoisotopic (exact) mass is 438 g/mol. The summed E-state index contributed by atoms with van der Waals surface area (Å²) in [6.45, 7) is 8.86. The molecule has 2 aliphatic carbocycles. The zero-order chi connectivity index (χ0) is 22.5. The maximum absolute atomic E-state index is 11.5. The molecule has 1 saturated carbocycles. The van der Waals surface area contributed by atoms with Crippen LogP contribution in [0.25, 0.3) is 0 Å². The van der Waals surface area contributed by atoms with Crippen molar-refractivity contribution in [2.24, 2.45) is 22.7 Å². The summed E-state index contributed by atoms with van der Waals surface area (Å²) in [5.74, 6) is -1.34. The number of hydrogen-bond acceptors (Lipinski definition) is 6. The Morgan fingerprint density at radius 1 is 1.23 bits per heavy atom. The van der Waals surface area contributed by atoms with Gasteiger partial charge in [0.15, 0.2) is 23.5 Å². The number of phenols is 2. The summed E-state index contributed by atoms with van der Waals surface area (Å²) in [7, 11) is -4.94. The molecule has 0 aliphatic heterocycles. The molecule has 3 atom stereocenters. The minimum absolute atomic E-state index is 0.0167. The van der Waals surface area contributed by atoms with Gasteiger partial charge in [0.05, 0.1) is 0 Å². The summed E-state index contributed by atoms with van der Waals surface area (Å²) in [6.07, 6.45) is 6.92. The molecule has 166 valence electrons. The minimum atomic E-state index is -4.94. The number of carbonyl (C=O) groups is 1. The molecule has 1 aromatic rings. The van der Waals surface area contributed by atoms with Gasteiger partial charge in [0.25, 0.3) is 0 Å². The summed E-state index contributed by atoms with van der Waals surface area (Å²) in [5, 5.41) is 20.1. The Morgan fingerprint density at radius 2 is 1.90 bits per heavy atom. The van der Waals surface area contributed by atoms with Crippen molar-refractivity contribution in [1.82, 2.24) is 0 Å². The van der Waals surface area contributed by atoms with Crippen LogP contribution in [0.3, 0.4) is 0 Å². The highest BCUT2D eigenvalue weighted by atomic mass is 32.3. The first-order valence-corrected chi connectivity index (χ1v) is 11.5. The first-order valence-electron chi connectivity index (χ1n) is 10.2. The molecule has 30 heavy (non-hydrogen) atoms. The summed E-state index contributed by atoms with van der Waals surface area (Å²) < 4.78 is 36.7. The third kappa shape index (κ3) is 3.95. The van der Waals surface area contributed by atoms with Crippen molar-refractivity contribution in [3.63, 3.8) is 0 Å². The molecule has 0 bridgehead atoms. The fourth-order valence-corrected chi connectivity index (χ4v) is 6.34. The molecule has 0 saturated heterocycles. The zero-order valence-electron chi connectivity index (χ0n) is 17.8. The Hall–Kier alpha value is -2.06. The highest BCUT2D eigenvalue weighted by Crippen LogP contribution is 2.60. The molecule has 1 fully saturated rings. The number of rotatable bonds is 5. The lowest BCUT2D eigenvalue weighted by molar-refractivity contribution is -0.0368. The van der Waals surface area contributed by atoms with Crippen molar-refractivity contribution in [3.8, 4) is 17.2 Å². The Morgan fingerprint density at radius 3 is 2.50 bits per heavy atom. The van der Waals surface area contributed by atoms with Gasteiger partial charge in [-0.2, -0.15) is 8.42 Å². The van der Waals surface area contributed by atoms with Crippen LogP contribution in [0.5, 0.6) is 17.2 Å². The molecule has 3 N–H and O–H groups in total. The van der Waals surface area contributed by atoms with Crippen LogP contribution in [0.15, 0.2) is 17.7 Å². The molecular formula is C22H30O7S. The number of allylic oxidation sites excluding steroid dienone is 2. The highest BCUT2D eigenvalue weighted by Gasteiger charge is 2.51. The SMILES string of the molecule is CC1=CC[C@H]2C(C)(C)CCC[C@]2(C)[C@H]1Cc1cc(O)c(O)c(C=O)c1OS(=O)(=O)O. The van der Waals surface area contributed by atoms with E-state index < -0.39 is 33.2 Å². The van der Waals surface area contributed by atoms with Crippen LogP contribution in [0.1, 0.15) is 69.3 Å². The van der Waals surface area contributed by atoms with E-state index in [1.54, 1.807) is 0 Å². The number of aromatic hydroxyl groups is 2. The quantitative estimate of drug-likeness (QED) is 0.269. The molecule has 1 aromatic carbocycles. The predicted molar refractivity (Wildman–Crippen MR) is 112 cm³/mol. The van der Waals surface area contributed by atoms with Gasteiger partial charge in [-0.1, -0.05) is 38.8 Å². The smallest absolute Gasteiger partial charge is 0.446 e. The Labute approximate surface area is 177 Å². The van der Waals surface area contributed by atoms with E-state index in [2.05, 4.69) is 31.0 Å². The van der Waals surface area contributed by atoms with Crippen molar-refractivity contribution >= 4 is 16.7 Å². The van der Waals surface area contributed by atoms with Gasteiger partial charge in [0, 0.05) is 5.56 Å². The van der Waals surface area contributed by atoms with E-state index in [1.807, 2.05) is 6.92 Å². The Balaban J connectivity index is 2.13. The van der Waals surface area contributed by atoms with Crippen LogP contribution >= 0.6 is 0 Å². The van der Waals surface area contributed by atoms with Crippen LogP contribution in [0.4, 0.5) is 0 Å². The van der Waals surface area contributed by atoms with E-state index in [1.165, 1.54) is 6.07 Å². The van der Waals surface area contributed by atoms with Crippen molar-refractivity contribution in [2.45, 2.75) is 59.8 Å². The number of phenolic OH excluding ortho intramolecular Hbond substituents is 2. The molecule has 8 heteroatoms. The minimum Gasteiger partial charge on any atom is -0.504 e. The number of aldehydes is 1. The average molecular weight is 439 g/mol. The molecule has 0 radical (unpaired) electrons. The van der Waals surface area contributed by atoms with Gasteiger partial charge in [0.1, 0.15) is 5.56 Å². The maximum atomic E-state index is 11.5. The number of fused-ring (bicyclic) bond motifs is 1. The van der Waals surface area contributed by atoms with Crippen molar-refractivity contribution in [2.75, 3.05) is 0 Å². The van der Waals surface area contributed by atoms with E-state index in [0.29, 0.717) is 12.3 Å². The van der Waals surface area contributed by atoms with Gasteiger partial charge < -0.3 is 14.4 Å². The molecule has 0 amide bonds. The number of hydrogen-bond donors (Lipinski definition) is 3. The highest BCUT2D eigenvalue weighted by molar-refractivity contribution is 7.81. The topological polar surface area (TPSA) is 121 Å². The predicted octanol–water partition coefficient (Wildman–Crippen LogP) is 4.43. The van der Waals surface area contributed by atoms with E-state index in [4.69, 9.17) is 0 Å². The van der Waals surface area contributed by atoms with Gasteiger partial charge in [-0.25, -0.2) is 0 Å². The van der Waals surface area contributed by atoms with Crippen LogP contribution < -0.4 is 4.18 Å². The van der Waals surface area contributed by atoms with Gasteiger partial charge in [-0.15, -0.1) is 0 Å². The van der Waals surface area contributed by atoms with Gasteiger partial charge in [-0.3, -0.25) is 9.35 Å². The summed E-state index contributed by atoms with van der Waals surface area (Å²) >= 11 is 0. The second-order valence-corrected chi connectivity index (χ2v) is 10.6. The maximum Gasteiger partial charge on any atom is 0.446 e. The van der Waals surface area contributed by atoms with E-state index >= 15 is 0 Å². The largest absolute Gasteiger partial charge is 0.504 e. The Kier molecular flexibility index (Phi) is 5.71. The average Bonchev–Trinajstić information content (AvgIpc) is 2.60. The lowest BCUT2D eigenvalue weighted by Gasteiger charge is -2.57. The second kappa shape index (κ2) is 7.57. The van der Waals surface area contributed by atoms with Crippen molar-refractivity contribution in [1.29, 1.82) is 0 Å². The van der Waals surface area contributed by atoms with E-state index in [0.717, 1.165) is 31.3 Å². The zero-order valence-corrected chi connectivity index (χ0v) is 18.6. The third-order valence-corrected chi connectivity index (χ3v) is 7.75. The molecule has 0 unspecified atom stereocenters. The first-order chi connectivity index (χ1) is 13.8. The van der Waals surface area contributed by atoms with Crippen LogP contribution in [-0.4, -0.2) is 29.5 Å². The molecule has 0 aromatic heterocycles. The molecule has 2 aliphatic rings. The second-order valence-electron chi connectivity index (χ2n) is 9.62. The van der Waals surface area contributed by atoms with E-state index in [-0.39, 0.29) is 28.6 Å². The first kappa shape index (κ1) is 22.6. The van der Waals surface area contributed by atoms with Crippen LogP contribution in [0.2, 0.25) is 0 Å². The van der Waals surface area contributed by atoms with Crippen molar-refractivity contribution in [3.05, 3.63) is 28.8 Å². The lowest BCUT2D eigenvalue weighted by Crippen LogP contribution is -2.49. The van der Waals surface area contributed by atoms with Crippen molar-refractivity contribution < 1.29 is 32.2 Å². The molecule has 7 nitrogen and oxygen atoms in total. The van der Waals surface area contributed by atoms with Crippen LogP contribution in [-0.2, 0) is 16.8 Å². The van der Waals surface area contributed by atoms with Gasteiger partial charge in [0.2, 0.25) is 0 Å². The fourth-order valence-electron chi connectivity index (χ4n) is 5.93. The Bertz CT molecular complexity index is 993. The molecule has 0 spiro atoms. The summed E-state index contributed by atoms with van der Waals surface area (Å²) in [4.78, 5) is 11.5. The van der Waals surface area contributed by atoms with Gasteiger partial charge >= 0.3 is 10.4 Å². The molecule has 3 rings (SSSR count).